The van der Waals surface area contributed by atoms with Gasteiger partial charge in [0.15, 0.2) is 17.6 Å². The minimum atomic E-state index is -0.845. The fourth-order valence-corrected chi connectivity index (χ4v) is 2.99. The second kappa shape index (κ2) is 12.1. The molecule has 0 radical (unpaired) electrons. The number of nitrogens with zero attached hydrogens (tertiary/aromatic N) is 3. The van der Waals surface area contributed by atoms with E-state index in [1.165, 1.54) is 7.11 Å². The van der Waals surface area contributed by atoms with Crippen LogP contribution < -0.4 is 20.1 Å². The standard InChI is InChI=1S/C18H23N5O5.CH2O2/c1-26-13-5-4-12(10-14(13)27-2)16-17(28-11-15(24)21-16)18(25)19-6-3-8-23-9-7-20-22-23;2-1-3/h4-5,7,9-10,16-17H,3,6,8,11H2,1-2H3,(H,19,25)(H,21,24);1H,(H,2,3)/t16-,17+;/m1./s1. The smallest absolute Gasteiger partial charge is 0.290 e. The summed E-state index contributed by atoms with van der Waals surface area (Å²) in [5.41, 5.74) is 0.688. The van der Waals surface area contributed by atoms with Crippen LogP contribution in [-0.4, -0.2) is 71.9 Å². The van der Waals surface area contributed by atoms with E-state index >= 15 is 0 Å². The summed E-state index contributed by atoms with van der Waals surface area (Å²) in [7, 11) is 3.06. The first-order valence-electron chi connectivity index (χ1n) is 9.36. The predicted octanol–water partition coefficient (Wildman–Crippen LogP) is -0.241. The normalized spacial score (nSPS) is 17.5. The molecule has 31 heavy (non-hydrogen) atoms. The van der Waals surface area contributed by atoms with E-state index in [0.717, 1.165) is 0 Å². The zero-order chi connectivity index (χ0) is 22.6. The third-order valence-corrected chi connectivity index (χ3v) is 4.37. The van der Waals surface area contributed by atoms with E-state index in [9.17, 15) is 9.59 Å². The van der Waals surface area contributed by atoms with Gasteiger partial charge in [-0.3, -0.25) is 19.1 Å². The first-order chi connectivity index (χ1) is 15.0. The molecule has 0 unspecified atom stereocenters. The van der Waals surface area contributed by atoms with Gasteiger partial charge in [0.05, 0.1) is 26.5 Å². The third-order valence-electron chi connectivity index (χ3n) is 4.37. The van der Waals surface area contributed by atoms with Crippen LogP contribution in [0.4, 0.5) is 0 Å². The lowest BCUT2D eigenvalue weighted by atomic mass is 9.98. The zero-order valence-corrected chi connectivity index (χ0v) is 17.2. The molecular formula is C19H25N5O7. The third kappa shape index (κ3) is 6.67. The SMILES string of the molecule is COc1ccc([C@H]2NC(=O)CO[C@@H]2C(=O)NCCCn2ccnn2)cc1OC.O=CO. The van der Waals surface area contributed by atoms with E-state index in [1.807, 2.05) is 0 Å². The maximum Gasteiger partial charge on any atom is 0.290 e. The number of hydrogen-bond donors (Lipinski definition) is 3. The number of ether oxygens (including phenoxy) is 3. The average Bonchev–Trinajstić information content (AvgIpc) is 3.30. The maximum absolute atomic E-state index is 12.6. The predicted molar refractivity (Wildman–Crippen MR) is 107 cm³/mol. The van der Waals surface area contributed by atoms with Gasteiger partial charge in [0.2, 0.25) is 5.91 Å². The van der Waals surface area contributed by atoms with E-state index in [2.05, 4.69) is 20.9 Å². The highest BCUT2D eigenvalue weighted by Gasteiger charge is 2.36. The molecule has 3 rings (SSSR count). The van der Waals surface area contributed by atoms with E-state index in [4.69, 9.17) is 24.1 Å². The lowest BCUT2D eigenvalue weighted by molar-refractivity contribution is -0.148. The fraction of sp³-hybridized carbons (Fsp3) is 0.421. The van der Waals surface area contributed by atoms with Gasteiger partial charge < -0.3 is 30.0 Å². The second-order valence-corrected chi connectivity index (χ2v) is 6.31. The summed E-state index contributed by atoms with van der Waals surface area (Å²) >= 11 is 0. The molecule has 1 aromatic carbocycles. The minimum absolute atomic E-state index is 0.166. The van der Waals surface area contributed by atoms with Crippen LogP contribution in [0.25, 0.3) is 0 Å². The summed E-state index contributed by atoms with van der Waals surface area (Å²) in [6.07, 6.45) is 3.21. The fourth-order valence-electron chi connectivity index (χ4n) is 2.99. The van der Waals surface area contributed by atoms with Crippen LogP contribution in [0.2, 0.25) is 0 Å². The Morgan fingerprint density at radius 2 is 2.13 bits per heavy atom. The Morgan fingerprint density at radius 1 is 1.39 bits per heavy atom. The first kappa shape index (κ1) is 23.6. The monoisotopic (exact) mass is 435 g/mol. The maximum atomic E-state index is 12.6. The number of methoxy groups -OCH3 is 2. The number of nitrogens with one attached hydrogen (secondary N) is 2. The minimum Gasteiger partial charge on any atom is -0.493 e. The topological polar surface area (TPSA) is 154 Å². The number of hydrogen-bond acceptors (Lipinski definition) is 8. The number of aryl methyl sites for hydroxylation is 1. The highest BCUT2D eigenvalue weighted by Crippen LogP contribution is 2.32. The number of morpholine rings is 1. The molecule has 1 aliphatic heterocycles. The second-order valence-electron chi connectivity index (χ2n) is 6.31. The number of carbonyl (C=O) groups is 3. The number of amides is 2. The van der Waals surface area contributed by atoms with Crippen molar-refractivity contribution in [3.05, 3.63) is 36.2 Å². The molecule has 0 bridgehead atoms. The van der Waals surface area contributed by atoms with Crippen LogP contribution in [0.5, 0.6) is 11.5 Å². The Kier molecular flexibility index (Phi) is 9.23. The summed E-state index contributed by atoms with van der Waals surface area (Å²) in [5, 5.41) is 20.2. The van der Waals surface area contributed by atoms with Crippen LogP contribution in [0.3, 0.4) is 0 Å². The summed E-state index contributed by atoms with van der Waals surface area (Å²) < 4.78 is 17.8. The first-order valence-corrected chi connectivity index (χ1v) is 9.36. The highest BCUT2D eigenvalue weighted by atomic mass is 16.5. The van der Waals surface area contributed by atoms with Crippen molar-refractivity contribution in [3.63, 3.8) is 0 Å². The Labute approximate surface area is 178 Å². The molecule has 0 aliphatic carbocycles. The highest BCUT2D eigenvalue weighted by molar-refractivity contribution is 5.86. The summed E-state index contributed by atoms with van der Waals surface area (Å²) in [6.45, 7) is 0.674. The van der Waals surface area contributed by atoms with Gasteiger partial charge in [0, 0.05) is 19.3 Å². The molecule has 0 saturated carbocycles. The van der Waals surface area contributed by atoms with Crippen LogP contribution in [0.1, 0.15) is 18.0 Å². The Bertz CT molecular complexity index is 859. The summed E-state index contributed by atoms with van der Waals surface area (Å²) in [6, 6.07) is 4.59. The molecule has 1 saturated heterocycles. The molecule has 1 aliphatic rings. The van der Waals surface area contributed by atoms with Crippen molar-refractivity contribution in [3.8, 4) is 11.5 Å². The molecule has 2 atom stereocenters. The van der Waals surface area contributed by atoms with Gasteiger partial charge in [-0.1, -0.05) is 11.3 Å². The van der Waals surface area contributed by atoms with Gasteiger partial charge in [0.1, 0.15) is 6.61 Å². The molecular weight excluding hydrogens is 410 g/mol. The lowest BCUT2D eigenvalue weighted by Gasteiger charge is -2.32. The van der Waals surface area contributed by atoms with Gasteiger partial charge in [0.25, 0.3) is 12.4 Å². The Balaban J connectivity index is 0.00000107. The van der Waals surface area contributed by atoms with Crippen LogP contribution in [-0.2, 0) is 25.7 Å². The molecule has 1 aromatic heterocycles. The quantitative estimate of drug-likeness (QED) is 0.376. The van der Waals surface area contributed by atoms with Gasteiger partial charge in [-0.25, -0.2) is 0 Å². The molecule has 12 nitrogen and oxygen atoms in total. The number of rotatable bonds is 8. The van der Waals surface area contributed by atoms with Crippen molar-refractivity contribution in [2.45, 2.75) is 25.1 Å². The number of carbonyl (C=O) groups excluding carboxylic acids is 2. The number of aromatic nitrogens is 3. The van der Waals surface area contributed by atoms with Crippen molar-refractivity contribution in [2.75, 3.05) is 27.4 Å². The van der Waals surface area contributed by atoms with E-state index in [-0.39, 0.29) is 24.9 Å². The van der Waals surface area contributed by atoms with Crippen molar-refractivity contribution in [1.29, 1.82) is 0 Å². The van der Waals surface area contributed by atoms with Crippen molar-refractivity contribution in [1.82, 2.24) is 25.6 Å². The molecule has 3 N–H and O–H groups in total. The van der Waals surface area contributed by atoms with E-state index in [0.29, 0.717) is 36.6 Å². The van der Waals surface area contributed by atoms with Crippen LogP contribution in [0, 0.1) is 0 Å². The Hall–Kier alpha value is -3.67. The average molecular weight is 435 g/mol. The molecule has 12 heteroatoms. The van der Waals surface area contributed by atoms with Crippen molar-refractivity contribution < 1.29 is 33.7 Å². The lowest BCUT2D eigenvalue weighted by Crippen LogP contribution is -2.52. The largest absolute Gasteiger partial charge is 0.493 e. The summed E-state index contributed by atoms with van der Waals surface area (Å²) in [4.78, 5) is 32.9. The van der Waals surface area contributed by atoms with Crippen molar-refractivity contribution in [2.24, 2.45) is 0 Å². The Morgan fingerprint density at radius 3 is 2.77 bits per heavy atom. The van der Waals surface area contributed by atoms with Crippen LogP contribution >= 0.6 is 0 Å². The summed E-state index contributed by atoms with van der Waals surface area (Å²) in [5.74, 6) is 0.489. The zero-order valence-electron chi connectivity index (χ0n) is 17.2. The van der Waals surface area contributed by atoms with Gasteiger partial charge in [-0.05, 0) is 24.1 Å². The van der Waals surface area contributed by atoms with E-state index in [1.54, 1.807) is 42.4 Å². The van der Waals surface area contributed by atoms with E-state index < -0.39 is 12.1 Å². The molecule has 2 heterocycles. The van der Waals surface area contributed by atoms with Crippen LogP contribution in [0.15, 0.2) is 30.6 Å². The molecule has 2 amide bonds. The van der Waals surface area contributed by atoms with Gasteiger partial charge in [-0.2, -0.15) is 0 Å². The molecule has 0 spiro atoms. The van der Waals surface area contributed by atoms with Gasteiger partial charge in [-0.15, -0.1) is 5.10 Å². The number of benzene rings is 1. The number of carboxylic acid groups (broad SMARTS) is 1. The van der Waals surface area contributed by atoms with Gasteiger partial charge >= 0.3 is 0 Å². The molecule has 1 fully saturated rings. The van der Waals surface area contributed by atoms with Crippen molar-refractivity contribution >= 4 is 18.3 Å². The molecule has 2 aromatic rings. The molecule has 168 valence electrons.